The molecule has 30 heavy (non-hydrogen) atoms. The topological polar surface area (TPSA) is 90.9 Å². The normalized spacial score (nSPS) is 13.6. The number of hydrogen-bond donors (Lipinski definition) is 1. The van der Waals surface area contributed by atoms with E-state index in [-0.39, 0.29) is 24.1 Å². The lowest BCUT2D eigenvalue weighted by Crippen LogP contribution is -2.31. The SMILES string of the molecule is COc1ccc(S(=O)(=O)[C@@H](CNC(=O)c2ccc3c(c2)OCO3)c2cccs2)cc1. The number of nitrogens with one attached hydrogen (secondary N) is 1. The molecule has 0 aliphatic carbocycles. The van der Waals surface area contributed by atoms with Crippen molar-refractivity contribution in [1.82, 2.24) is 5.32 Å². The van der Waals surface area contributed by atoms with Crippen LogP contribution in [0.4, 0.5) is 0 Å². The zero-order valence-corrected chi connectivity index (χ0v) is 17.7. The molecule has 0 unspecified atom stereocenters. The van der Waals surface area contributed by atoms with E-state index in [2.05, 4.69) is 5.32 Å². The van der Waals surface area contributed by atoms with Gasteiger partial charge in [0.1, 0.15) is 11.0 Å². The van der Waals surface area contributed by atoms with E-state index >= 15 is 0 Å². The number of amides is 1. The van der Waals surface area contributed by atoms with Crippen molar-refractivity contribution >= 4 is 27.1 Å². The second-order valence-electron chi connectivity index (χ2n) is 6.50. The van der Waals surface area contributed by atoms with Gasteiger partial charge in [0, 0.05) is 17.0 Å². The van der Waals surface area contributed by atoms with E-state index in [4.69, 9.17) is 14.2 Å². The molecule has 0 bridgehead atoms. The minimum Gasteiger partial charge on any atom is -0.497 e. The fraction of sp³-hybridized carbons (Fsp3) is 0.190. The maximum absolute atomic E-state index is 13.3. The third-order valence-corrected chi connectivity index (χ3v) is 7.94. The van der Waals surface area contributed by atoms with Crippen LogP contribution in [-0.4, -0.2) is 34.8 Å². The Morgan fingerprint density at radius 3 is 2.60 bits per heavy atom. The van der Waals surface area contributed by atoms with Crippen molar-refractivity contribution < 1.29 is 27.4 Å². The minimum absolute atomic E-state index is 0.0673. The summed E-state index contributed by atoms with van der Waals surface area (Å²) < 4.78 is 42.3. The maximum Gasteiger partial charge on any atom is 0.251 e. The molecule has 1 amide bonds. The summed E-state index contributed by atoms with van der Waals surface area (Å²) in [6, 6.07) is 14.6. The maximum atomic E-state index is 13.3. The van der Waals surface area contributed by atoms with Crippen molar-refractivity contribution in [2.45, 2.75) is 10.1 Å². The predicted octanol–water partition coefficient (Wildman–Crippen LogP) is 3.43. The van der Waals surface area contributed by atoms with Gasteiger partial charge in [-0.1, -0.05) is 6.07 Å². The quantitative estimate of drug-likeness (QED) is 0.599. The molecular weight excluding hydrogens is 426 g/mol. The van der Waals surface area contributed by atoms with Gasteiger partial charge in [-0.15, -0.1) is 11.3 Å². The van der Waals surface area contributed by atoms with Crippen LogP contribution in [0.2, 0.25) is 0 Å². The van der Waals surface area contributed by atoms with Crippen molar-refractivity contribution in [3.8, 4) is 17.2 Å². The lowest BCUT2D eigenvalue weighted by Gasteiger charge is -2.18. The molecule has 4 rings (SSSR count). The Morgan fingerprint density at radius 1 is 1.13 bits per heavy atom. The Morgan fingerprint density at radius 2 is 1.90 bits per heavy atom. The van der Waals surface area contributed by atoms with Gasteiger partial charge in [0.15, 0.2) is 21.3 Å². The largest absolute Gasteiger partial charge is 0.497 e. The van der Waals surface area contributed by atoms with E-state index in [0.29, 0.717) is 27.7 Å². The van der Waals surface area contributed by atoms with Crippen LogP contribution in [0.15, 0.2) is 64.9 Å². The number of ether oxygens (including phenoxy) is 3. The summed E-state index contributed by atoms with van der Waals surface area (Å²) in [5.41, 5.74) is 0.367. The van der Waals surface area contributed by atoms with Crippen LogP contribution in [0.5, 0.6) is 17.2 Å². The highest BCUT2D eigenvalue weighted by Gasteiger charge is 2.31. The third kappa shape index (κ3) is 3.99. The van der Waals surface area contributed by atoms with E-state index in [0.717, 1.165) is 0 Å². The van der Waals surface area contributed by atoms with Crippen LogP contribution in [-0.2, 0) is 9.84 Å². The molecule has 1 aromatic heterocycles. The smallest absolute Gasteiger partial charge is 0.251 e. The van der Waals surface area contributed by atoms with Gasteiger partial charge in [0.05, 0.1) is 12.0 Å². The molecule has 9 heteroatoms. The summed E-state index contributed by atoms with van der Waals surface area (Å²) in [4.78, 5) is 13.5. The summed E-state index contributed by atoms with van der Waals surface area (Å²) in [5.74, 6) is 1.24. The van der Waals surface area contributed by atoms with Crippen LogP contribution < -0.4 is 19.5 Å². The molecule has 7 nitrogen and oxygen atoms in total. The van der Waals surface area contributed by atoms with Crippen molar-refractivity contribution in [1.29, 1.82) is 0 Å². The Balaban J connectivity index is 1.56. The first-order valence-corrected chi connectivity index (χ1v) is 11.5. The van der Waals surface area contributed by atoms with E-state index < -0.39 is 15.1 Å². The van der Waals surface area contributed by atoms with E-state index in [1.165, 1.54) is 30.6 Å². The van der Waals surface area contributed by atoms with Crippen molar-refractivity contribution in [3.63, 3.8) is 0 Å². The molecule has 0 saturated heterocycles. The highest BCUT2D eigenvalue weighted by molar-refractivity contribution is 7.91. The number of carbonyl (C=O) groups excluding carboxylic acids is 1. The van der Waals surface area contributed by atoms with E-state index in [9.17, 15) is 13.2 Å². The highest BCUT2D eigenvalue weighted by Crippen LogP contribution is 2.34. The van der Waals surface area contributed by atoms with Crippen LogP contribution in [0, 0.1) is 0 Å². The molecule has 0 radical (unpaired) electrons. The zero-order valence-electron chi connectivity index (χ0n) is 16.0. The summed E-state index contributed by atoms with van der Waals surface area (Å²) in [6.45, 7) is 0.0448. The monoisotopic (exact) mass is 445 g/mol. The van der Waals surface area contributed by atoms with Gasteiger partial charge in [-0.2, -0.15) is 0 Å². The zero-order chi connectivity index (χ0) is 21.1. The number of hydrogen-bond acceptors (Lipinski definition) is 7. The molecule has 3 aromatic rings. The fourth-order valence-corrected chi connectivity index (χ4v) is 5.88. The molecule has 1 aliphatic rings. The number of rotatable bonds is 7. The minimum atomic E-state index is -3.74. The highest BCUT2D eigenvalue weighted by atomic mass is 32.2. The van der Waals surface area contributed by atoms with Gasteiger partial charge in [0.25, 0.3) is 5.91 Å². The molecule has 2 aromatic carbocycles. The summed E-state index contributed by atoms with van der Waals surface area (Å²) in [5, 5.41) is 3.64. The van der Waals surface area contributed by atoms with Gasteiger partial charge >= 0.3 is 0 Å². The first-order valence-electron chi connectivity index (χ1n) is 9.08. The van der Waals surface area contributed by atoms with E-state index in [1.807, 2.05) is 5.38 Å². The number of sulfone groups is 1. The average molecular weight is 446 g/mol. The third-order valence-electron chi connectivity index (χ3n) is 4.71. The molecule has 1 N–H and O–H groups in total. The number of carbonyl (C=O) groups is 1. The Kier molecular flexibility index (Phi) is 5.65. The second kappa shape index (κ2) is 8.37. The van der Waals surface area contributed by atoms with Crippen LogP contribution in [0.3, 0.4) is 0 Å². The number of thiophene rings is 1. The van der Waals surface area contributed by atoms with Crippen LogP contribution in [0.1, 0.15) is 20.5 Å². The lowest BCUT2D eigenvalue weighted by molar-refractivity contribution is 0.0953. The Bertz CT molecular complexity index is 1140. The average Bonchev–Trinajstić information content (AvgIpc) is 3.45. The molecule has 0 saturated carbocycles. The molecular formula is C21H19NO6S2. The van der Waals surface area contributed by atoms with Crippen molar-refractivity contribution in [2.24, 2.45) is 0 Å². The molecule has 1 atom stereocenters. The number of fused-ring (bicyclic) bond motifs is 1. The fourth-order valence-electron chi connectivity index (χ4n) is 3.09. The predicted molar refractivity (Wildman–Crippen MR) is 112 cm³/mol. The summed E-state index contributed by atoms with van der Waals surface area (Å²) >= 11 is 1.33. The van der Waals surface area contributed by atoms with Crippen molar-refractivity contribution in [3.05, 3.63) is 70.4 Å². The summed E-state index contributed by atoms with van der Waals surface area (Å²) in [7, 11) is -2.22. The number of methoxy groups -OCH3 is 1. The molecule has 0 fully saturated rings. The molecule has 2 heterocycles. The Hall–Kier alpha value is -3.04. The van der Waals surface area contributed by atoms with Gasteiger partial charge in [-0.25, -0.2) is 8.42 Å². The second-order valence-corrected chi connectivity index (χ2v) is 9.61. The van der Waals surface area contributed by atoms with Crippen LogP contribution in [0.25, 0.3) is 0 Å². The summed E-state index contributed by atoms with van der Waals surface area (Å²) in [6.07, 6.45) is 0. The standard InChI is InChI=1S/C21H19NO6S2/c1-26-15-5-7-16(8-6-15)30(24,25)20(19-3-2-10-29-19)12-22-21(23)14-4-9-17-18(11-14)28-13-27-17/h2-11,20H,12-13H2,1H3,(H,22,23)/t20-/m0/s1. The van der Waals surface area contributed by atoms with Gasteiger partial charge in [-0.05, 0) is 53.9 Å². The van der Waals surface area contributed by atoms with Gasteiger partial charge in [0.2, 0.25) is 6.79 Å². The number of benzene rings is 2. The first kappa shape index (κ1) is 20.2. The van der Waals surface area contributed by atoms with Gasteiger partial charge < -0.3 is 19.5 Å². The molecule has 0 spiro atoms. The van der Waals surface area contributed by atoms with Crippen LogP contribution >= 0.6 is 11.3 Å². The lowest BCUT2D eigenvalue weighted by atomic mass is 10.2. The molecule has 1 aliphatic heterocycles. The van der Waals surface area contributed by atoms with E-state index in [1.54, 1.807) is 42.5 Å². The Labute approximate surface area is 178 Å². The first-order chi connectivity index (χ1) is 14.5. The molecule has 156 valence electrons. The van der Waals surface area contributed by atoms with Crippen molar-refractivity contribution in [2.75, 3.05) is 20.4 Å². The van der Waals surface area contributed by atoms with Gasteiger partial charge in [-0.3, -0.25) is 4.79 Å².